The lowest BCUT2D eigenvalue weighted by atomic mass is 10.1. The van der Waals surface area contributed by atoms with Crippen LogP contribution in [0.4, 0.5) is 11.6 Å². The lowest BCUT2D eigenvalue weighted by molar-refractivity contribution is 0.122. The van der Waals surface area contributed by atoms with E-state index in [-0.39, 0.29) is 6.61 Å². The van der Waals surface area contributed by atoms with Crippen molar-refractivity contribution >= 4 is 11.6 Å². The fourth-order valence-electron chi connectivity index (χ4n) is 2.07. The number of aryl methyl sites for hydroxylation is 1. The Hall–Kier alpha value is -1.84. The highest BCUT2D eigenvalue weighted by Crippen LogP contribution is 2.24. The highest BCUT2D eigenvalue weighted by molar-refractivity contribution is 5.62. The number of aliphatic hydroxyl groups excluding tert-OH is 1. The van der Waals surface area contributed by atoms with E-state index in [1.54, 1.807) is 0 Å². The number of aromatic nitrogens is 1. The topological polar surface area (TPSA) is 81.4 Å². The summed E-state index contributed by atoms with van der Waals surface area (Å²) in [6.07, 6.45) is 0. The molecule has 6 heteroatoms. The van der Waals surface area contributed by atoms with Crippen LogP contribution < -0.4 is 10.2 Å². The quantitative estimate of drug-likeness (QED) is 0.822. The van der Waals surface area contributed by atoms with E-state index in [0.717, 1.165) is 18.7 Å². The summed E-state index contributed by atoms with van der Waals surface area (Å²) in [7, 11) is 0. The minimum absolute atomic E-state index is 0.0492. The third-order valence-corrected chi connectivity index (χ3v) is 3.04. The minimum atomic E-state index is 0.0492. The van der Waals surface area contributed by atoms with E-state index in [0.29, 0.717) is 37.0 Å². The van der Waals surface area contributed by atoms with Crippen LogP contribution in [0.15, 0.2) is 6.07 Å². The Morgan fingerprint density at radius 1 is 1.53 bits per heavy atom. The van der Waals surface area contributed by atoms with Crippen LogP contribution in [0.5, 0.6) is 0 Å². The predicted octanol–water partition coefficient (Wildman–Crippen LogP) is 0.502. The Balaban J connectivity index is 2.32. The molecule has 0 unspecified atom stereocenters. The van der Waals surface area contributed by atoms with E-state index in [4.69, 9.17) is 9.84 Å². The first-order chi connectivity index (χ1) is 9.26. The lowest BCUT2D eigenvalue weighted by Gasteiger charge is -2.29. The van der Waals surface area contributed by atoms with Gasteiger partial charge in [-0.2, -0.15) is 5.26 Å². The van der Waals surface area contributed by atoms with Gasteiger partial charge in [0.15, 0.2) is 0 Å². The van der Waals surface area contributed by atoms with Crippen molar-refractivity contribution in [1.82, 2.24) is 4.98 Å². The van der Waals surface area contributed by atoms with Crippen molar-refractivity contribution < 1.29 is 9.84 Å². The number of nitrogens with zero attached hydrogens (tertiary/aromatic N) is 3. The molecule has 0 atom stereocenters. The zero-order valence-electron chi connectivity index (χ0n) is 11.0. The van der Waals surface area contributed by atoms with E-state index in [9.17, 15) is 5.26 Å². The molecule has 0 amide bonds. The average Bonchev–Trinajstić information content (AvgIpc) is 2.45. The highest BCUT2D eigenvalue weighted by Gasteiger charge is 2.18. The smallest absolute Gasteiger partial charge is 0.149 e. The maximum Gasteiger partial charge on any atom is 0.149 e. The number of hydrogen-bond donors (Lipinski definition) is 2. The monoisotopic (exact) mass is 262 g/mol. The van der Waals surface area contributed by atoms with Gasteiger partial charge in [0.1, 0.15) is 17.7 Å². The molecule has 1 saturated heterocycles. The molecule has 0 bridgehead atoms. The number of pyridine rings is 1. The molecule has 102 valence electrons. The summed E-state index contributed by atoms with van der Waals surface area (Å²) in [6, 6.07) is 4.05. The number of aliphatic hydroxyl groups is 1. The molecule has 2 heterocycles. The second kappa shape index (κ2) is 6.36. The Bertz CT molecular complexity index is 478. The Morgan fingerprint density at radius 3 is 2.89 bits per heavy atom. The van der Waals surface area contributed by atoms with E-state index < -0.39 is 0 Å². The lowest BCUT2D eigenvalue weighted by Crippen LogP contribution is -2.37. The van der Waals surface area contributed by atoms with Gasteiger partial charge < -0.3 is 20.1 Å². The SMILES string of the molecule is Cc1cc(NCCO)nc(N2CCOCC2)c1C#N. The molecule has 19 heavy (non-hydrogen) atoms. The minimum Gasteiger partial charge on any atom is -0.395 e. The molecular weight excluding hydrogens is 244 g/mol. The average molecular weight is 262 g/mol. The maximum absolute atomic E-state index is 9.29. The first kappa shape index (κ1) is 13.6. The number of nitrogens with one attached hydrogen (secondary N) is 1. The maximum atomic E-state index is 9.29. The molecule has 0 aliphatic carbocycles. The molecule has 2 rings (SSSR count). The summed E-state index contributed by atoms with van der Waals surface area (Å²) < 4.78 is 5.32. The summed E-state index contributed by atoms with van der Waals surface area (Å²) in [5.41, 5.74) is 1.50. The van der Waals surface area contributed by atoms with Crippen molar-refractivity contribution in [2.75, 3.05) is 49.7 Å². The zero-order chi connectivity index (χ0) is 13.7. The van der Waals surface area contributed by atoms with Gasteiger partial charge in [0.25, 0.3) is 0 Å². The Labute approximate surface area is 112 Å². The van der Waals surface area contributed by atoms with E-state index in [2.05, 4.69) is 21.3 Å². The van der Waals surface area contributed by atoms with Gasteiger partial charge >= 0.3 is 0 Å². The summed E-state index contributed by atoms with van der Waals surface area (Å²) >= 11 is 0. The zero-order valence-corrected chi connectivity index (χ0v) is 11.0. The number of morpholine rings is 1. The molecule has 0 aromatic carbocycles. The molecule has 1 aromatic rings. The van der Waals surface area contributed by atoms with Crippen molar-refractivity contribution in [1.29, 1.82) is 5.26 Å². The second-order valence-corrected chi connectivity index (χ2v) is 4.38. The van der Waals surface area contributed by atoms with Gasteiger partial charge in [-0.3, -0.25) is 0 Å². The molecule has 0 radical (unpaired) electrons. The summed E-state index contributed by atoms with van der Waals surface area (Å²) in [6.45, 7) is 5.18. The van der Waals surface area contributed by atoms with Crippen LogP contribution in [0, 0.1) is 18.3 Å². The Morgan fingerprint density at radius 2 is 2.26 bits per heavy atom. The van der Waals surface area contributed by atoms with Crippen LogP contribution in [0.3, 0.4) is 0 Å². The summed E-state index contributed by atoms with van der Waals surface area (Å²) in [4.78, 5) is 6.56. The van der Waals surface area contributed by atoms with E-state index in [1.807, 2.05) is 13.0 Å². The van der Waals surface area contributed by atoms with Crippen molar-refractivity contribution in [3.8, 4) is 6.07 Å². The van der Waals surface area contributed by atoms with Crippen LogP contribution in [0.1, 0.15) is 11.1 Å². The molecule has 0 spiro atoms. The van der Waals surface area contributed by atoms with E-state index in [1.165, 1.54) is 0 Å². The number of rotatable bonds is 4. The molecule has 1 aliphatic rings. The van der Waals surface area contributed by atoms with Crippen molar-refractivity contribution in [3.05, 3.63) is 17.2 Å². The van der Waals surface area contributed by atoms with E-state index >= 15 is 0 Å². The molecule has 0 saturated carbocycles. The summed E-state index contributed by atoms with van der Waals surface area (Å²) in [5.74, 6) is 1.39. The molecule has 1 aromatic heterocycles. The van der Waals surface area contributed by atoms with Gasteiger partial charge in [0.2, 0.25) is 0 Å². The van der Waals surface area contributed by atoms with Crippen molar-refractivity contribution in [3.63, 3.8) is 0 Å². The molecule has 2 N–H and O–H groups in total. The normalized spacial score (nSPS) is 15.1. The number of anilines is 2. The number of nitriles is 1. The molecule has 1 fully saturated rings. The fraction of sp³-hybridized carbons (Fsp3) is 0.538. The number of hydrogen-bond acceptors (Lipinski definition) is 6. The Kier molecular flexibility index (Phi) is 4.55. The van der Waals surface area contributed by atoms with Crippen LogP contribution in [-0.4, -0.2) is 49.5 Å². The third-order valence-electron chi connectivity index (χ3n) is 3.04. The largest absolute Gasteiger partial charge is 0.395 e. The first-order valence-corrected chi connectivity index (χ1v) is 6.35. The van der Waals surface area contributed by atoms with Gasteiger partial charge in [-0.25, -0.2) is 4.98 Å². The predicted molar refractivity (Wildman–Crippen MR) is 72.3 cm³/mol. The van der Waals surface area contributed by atoms with Crippen molar-refractivity contribution in [2.45, 2.75) is 6.92 Å². The van der Waals surface area contributed by atoms with Crippen molar-refractivity contribution in [2.24, 2.45) is 0 Å². The highest BCUT2D eigenvalue weighted by atomic mass is 16.5. The van der Waals surface area contributed by atoms with Gasteiger partial charge in [-0.1, -0.05) is 0 Å². The second-order valence-electron chi connectivity index (χ2n) is 4.38. The van der Waals surface area contributed by atoms with Gasteiger partial charge in [-0.05, 0) is 18.6 Å². The molecule has 1 aliphatic heterocycles. The standard InChI is InChI=1S/C13H18N4O2/c1-10-8-12(15-2-5-18)16-13(11(10)9-14)17-3-6-19-7-4-17/h8,18H,2-7H2,1H3,(H,15,16). The van der Waals surface area contributed by atoms with Gasteiger partial charge in [-0.15, -0.1) is 0 Å². The first-order valence-electron chi connectivity index (χ1n) is 6.35. The number of ether oxygens (including phenoxy) is 1. The third kappa shape index (κ3) is 3.13. The molecular formula is C13H18N4O2. The molecule has 6 nitrogen and oxygen atoms in total. The van der Waals surface area contributed by atoms with Gasteiger partial charge in [0, 0.05) is 19.6 Å². The van der Waals surface area contributed by atoms with Gasteiger partial charge in [0.05, 0.1) is 25.4 Å². The van der Waals surface area contributed by atoms with Crippen LogP contribution >= 0.6 is 0 Å². The van der Waals surface area contributed by atoms with Crippen LogP contribution in [-0.2, 0) is 4.74 Å². The fourth-order valence-corrected chi connectivity index (χ4v) is 2.07. The van der Waals surface area contributed by atoms with Crippen LogP contribution in [0.25, 0.3) is 0 Å². The van der Waals surface area contributed by atoms with Crippen LogP contribution in [0.2, 0.25) is 0 Å². The summed E-state index contributed by atoms with van der Waals surface area (Å²) in [5, 5.41) is 21.2.